The van der Waals surface area contributed by atoms with Gasteiger partial charge in [-0.15, -0.1) is 0 Å². The van der Waals surface area contributed by atoms with Gasteiger partial charge in [0, 0.05) is 12.2 Å². The maximum Gasteiger partial charge on any atom is 0.222 e. The SMILES string of the molecule is Cc1nn(CCNc2ncc(Cl)cn2)c(C)c1C. The maximum absolute atomic E-state index is 5.72. The van der Waals surface area contributed by atoms with E-state index in [0.717, 1.165) is 18.8 Å². The zero-order valence-corrected chi connectivity index (χ0v) is 11.5. The molecule has 0 amide bonds. The summed E-state index contributed by atoms with van der Waals surface area (Å²) in [5.74, 6) is 0.581. The molecule has 0 saturated heterocycles. The molecule has 0 fully saturated rings. The molecule has 0 aliphatic rings. The number of aromatic nitrogens is 4. The van der Waals surface area contributed by atoms with Crippen molar-refractivity contribution in [3.8, 4) is 0 Å². The van der Waals surface area contributed by atoms with E-state index in [2.05, 4.69) is 34.2 Å². The highest BCUT2D eigenvalue weighted by molar-refractivity contribution is 6.30. The highest BCUT2D eigenvalue weighted by Gasteiger charge is 2.06. The number of hydrogen-bond acceptors (Lipinski definition) is 4. The Labute approximate surface area is 111 Å². The van der Waals surface area contributed by atoms with Crippen LogP contribution in [0, 0.1) is 20.8 Å². The first-order valence-corrected chi connectivity index (χ1v) is 6.17. The summed E-state index contributed by atoms with van der Waals surface area (Å²) in [5.41, 5.74) is 3.53. The molecule has 5 nitrogen and oxygen atoms in total. The average Bonchev–Trinajstić information content (AvgIpc) is 2.60. The first-order chi connectivity index (χ1) is 8.58. The molecule has 96 valence electrons. The van der Waals surface area contributed by atoms with Gasteiger partial charge in [-0.1, -0.05) is 11.6 Å². The molecular weight excluding hydrogens is 250 g/mol. The van der Waals surface area contributed by atoms with E-state index in [1.165, 1.54) is 11.3 Å². The van der Waals surface area contributed by atoms with Crippen LogP contribution in [0.3, 0.4) is 0 Å². The van der Waals surface area contributed by atoms with Gasteiger partial charge in [-0.25, -0.2) is 9.97 Å². The van der Waals surface area contributed by atoms with Crippen LogP contribution in [-0.4, -0.2) is 26.3 Å². The van der Waals surface area contributed by atoms with Crippen LogP contribution in [-0.2, 0) is 6.54 Å². The van der Waals surface area contributed by atoms with Crippen LogP contribution in [0.25, 0.3) is 0 Å². The Morgan fingerprint density at radius 3 is 2.44 bits per heavy atom. The van der Waals surface area contributed by atoms with E-state index in [-0.39, 0.29) is 0 Å². The van der Waals surface area contributed by atoms with Gasteiger partial charge in [0.05, 0.1) is 29.7 Å². The largest absolute Gasteiger partial charge is 0.352 e. The van der Waals surface area contributed by atoms with Crippen LogP contribution in [0.1, 0.15) is 17.0 Å². The topological polar surface area (TPSA) is 55.6 Å². The fraction of sp³-hybridized carbons (Fsp3) is 0.417. The molecule has 0 aliphatic heterocycles. The Bertz CT molecular complexity index is 532. The molecule has 2 rings (SSSR count). The molecule has 0 bridgehead atoms. The molecule has 0 atom stereocenters. The predicted octanol–water partition coefficient (Wildman–Crippen LogP) is 2.36. The molecule has 0 radical (unpaired) electrons. The van der Waals surface area contributed by atoms with E-state index in [9.17, 15) is 0 Å². The minimum atomic E-state index is 0.537. The number of aryl methyl sites for hydroxylation is 1. The van der Waals surface area contributed by atoms with Crippen LogP contribution >= 0.6 is 11.6 Å². The van der Waals surface area contributed by atoms with Gasteiger partial charge in [0.25, 0.3) is 0 Å². The lowest BCUT2D eigenvalue weighted by atomic mass is 10.2. The number of anilines is 1. The molecule has 0 spiro atoms. The Morgan fingerprint density at radius 2 is 1.89 bits per heavy atom. The Balaban J connectivity index is 1.92. The molecule has 0 saturated carbocycles. The minimum Gasteiger partial charge on any atom is -0.352 e. The average molecular weight is 266 g/mol. The highest BCUT2D eigenvalue weighted by Crippen LogP contribution is 2.10. The summed E-state index contributed by atoms with van der Waals surface area (Å²) in [6, 6.07) is 0. The highest BCUT2D eigenvalue weighted by atomic mass is 35.5. The van der Waals surface area contributed by atoms with Gasteiger partial charge in [0.15, 0.2) is 0 Å². The van der Waals surface area contributed by atoms with Gasteiger partial charge in [-0.3, -0.25) is 4.68 Å². The van der Waals surface area contributed by atoms with Gasteiger partial charge < -0.3 is 5.32 Å². The first kappa shape index (κ1) is 12.8. The van der Waals surface area contributed by atoms with Gasteiger partial charge in [0.2, 0.25) is 5.95 Å². The molecule has 2 aromatic heterocycles. The van der Waals surface area contributed by atoms with E-state index in [4.69, 9.17) is 11.6 Å². The zero-order valence-electron chi connectivity index (χ0n) is 10.7. The molecule has 6 heteroatoms. The predicted molar refractivity (Wildman–Crippen MR) is 72.0 cm³/mol. The fourth-order valence-electron chi connectivity index (χ4n) is 1.68. The van der Waals surface area contributed by atoms with Gasteiger partial charge in [-0.05, 0) is 26.3 Å². The van der Waals surface area contributed by atoms with Crippen molar-refractivity contribution in [1.29, 1.82) is 0 Å². The van der Waals surface area contributed by atoms with Crippen LogP contribution in [0.15, 0.2) is 12.4 Å². The Hall–Kier alpha value is -1.62. The van der Waals surface area contributed by atoms with Gasteiger partial charge >= 0.3 is 0 Å². The summed E-state index contributed by atoms with van der Waals surface area (Å²) in [6.45, 7) is 7.70. The summed E-state index contributed by atoms with van der Waals surface area (Å²) in [5, 5.41) is 8.14. The first-order valence-electron chi connectivity index (χ1n) is 5.80. The zero-order chi connectivity index (χ0) is 13.1. The molecule has 1 N–H and O–H groups in total. The number of hydrogen-bond donors (Lipinski definition) is 1. The number of halogens is 1. The Kier molecular flexibility index (Phi) is 3.81. The third-order valence-corrected chi connectivity index (χ3v) is 3.17. The second kappa shape index (κ2) is 5.35. The lowest BCUT2D eigenvalue weighted by Crippen LogP contribution is -2.14. The third-order valence-electron chi connectivity index (χ3n) is 2.97. The lowest BCUT2D eigenvalue weighted by molar-refractivity contribution is 0.613. The van der Waals surface area contributed by atoms with Crippen molar-refractivity contribution in [1.82, 2.24) is 19.7 Å². The lowest BCUT2D eigenvalue weighted by Gasteiger charge is -2.06. The van der Waals surface area contributed by atoms with Crippen molar-refractivity contribution < 1.29 is 0 Å². The van der Waals surface area contributed by atoms with E-state index in [1.54, 1.807) is 12.4 Å². The molecular formula is C12H16ClN5. The van der Waals surface area contributed by atoms with Gasteiger partial charge in [0.1, 0.15) is 0 Å². The van der Waals surface area contributed by atoms with E-state index >= 15 is 0 Å². The summed E-state index contributed by atoms with van der Waals surface area (Å²) >= 11 is 5.72. The van der Waals surface area contributed by atoms with E-state index in [1.807, 2.05) is 11.6 Å². The monoisotopic (exact) mass is 265 g/mol. The number of nitrogens with zero attached hydrogens (tertiary/aromatic N) is 4. The maximum atomic E-state index is 5.72. The smallest absolute Gasteiger partial charge is 0.222 e. The van der Waals surface area contributed by atoms with Crippen LogP contribution in [0.2, 0.25) is 5.02 Å². The standard InChI is InChI=1S/C12H16ClN5/c1-8-9(2)17-18(10(8)3)5-4-14-12-15-6-11(13)7-16-12/h6-7H,4-5H2,1-3H3,(H,14,15,16). The van der Waals surface area contributed by atoms with Crippen molar-refractivity contribution in [3.63, 3.8) is 0 Å². The molecule has 0 aliphatic carbocycles. The second-order valence-corrected chi connectivity index (χ2v) is 4.61. The van der Waals surface area contributed by atoms with Crippen molar-refractivity contribution in [2.45, 2.75) is 27.3 Å². The molecule has 2 heterocycles. The van der Waals surface area contributed by atoms with Crippen LogP contribution < -0.4 is 5.32 Å². The molecule has 18 heavy (non-hydrogen) atoms. The van der Waals surface area contributed by atoms with Crippen molar-refractivity contribution in [3.05, 3.63) is 34.4 Å². The van der Waals surface area contributed by atoms with E-state index in [0.29, 0.717) is 11.0 Å². The number of rotatable bonds is 4. The minimum absolute atomic E-state index is 0.537. The van der Waals surface area contributed by atoms with E-state index < -0.39 is 0 Å². The second-order valence-electron chi connectivity index (χ2n) is 4.17. The van der Waals surface area contributed by atoms with Crippen LogP contribution in [0.4, 0.5) is 5.95 Å². The van der Waals surface area contributed by atoms with Crippen molar-refractivity contribution in [2.24, 2.45) is 0 Å². The van der Waals surface area contributed by atoms with Crippen LogP contribution in [0.5, 0.6) is 0 Å². The molecule has 0 aromatic carbocycles. The van der Waals surface area contributed by atoms with Crippen molar-refractivity contribution >= 4 is 17.5 Å². The Morgan fingerprint density at radius 1 is 1.22 bits per heavy atom. The molecule has 2 aromatic rings. The summed E-state index contributed by atoms with van der Waals surface area (Å²) in [4.78, 5) is 8.14. The summed E-state index contributed by atoms with van der Waals surface area (Å²) < 4.78 is 1.99. The third kappa shape index (κ3) is 2.79. The summed E-state index contributed by atoms with van der Waals surface area (Å²) in [6.07, 6.45) is 3.15. The van der Waals surface area contributed by atoms with Gasteiger partial charge in [-0.2, -0.15) is 5.10 Å². The van der Waals surface area contributed by atoms with Crippen molar-refractivity contribution in [2.75, 3.05) is 11.9 Å². The summed E-state index contributed by atoms with van der Waals surface area (Å²) in [7, 11) is 0. The number of nitrogens with one attached hydrogen (secondary N) is 1. The quantitative estimate of drug-likeness (QED) is 0.922. The molecule has 0 unspecified atom stereocenters. The fourth-order valence-corrected chi connectivity index (χ4v) is 1.78. The normalized spacial score (nSPS) is 10.7.